The van der Waals surface area contributed by atoms with Crippen LogP contribution in [0.1, 0.15) is 19.3 Å². The van der Waals surface area contributed by atoms with Gasteiger partial charge in [0.25, 0.3) is 0 Å². The number of nitrogens with zero attached hydrogens (tertiary/aromatic N) is 1. The van der Waals surface area contributed by atoms with Gasteiger partial charge >= 0.3 is 0 Å². The highest BCUT2D eigenvalue weighted by molar-refractivity contribution is 5.75. The van der Waals surface area contributed by atoms with Crippen LogP contribution >= 0.6 is 0 Å². The van der Waals surface area contributed by atoms with Crippen LogP contribution in [-0.4, -0.2) is 31.4 Å². The molecule has 0 aromatic heterocycles. The summed E-state index contributed by atoms with van der Waals surface area (Å²) in [6.45, 7) is 0.855. The minimum absolute atomic E-state index is 0.0632. The number of carbonyl (C=O) groups excluding carboxylic acids is 1. The quantitative estimate of drug-likeness (QED) is 0.564. The standard InChI is InChI=1S/C7H13NO3/c1-10-6-11-8-5-3-2-4-7(8)9/h2-6H2,1H3. The zero-order chi connectivity index (χ0) is 8.10. The molecule has 0 aliphatic carbocycles. The van der Waals surface area contributed by atoms with Gasteiger partial charge in [-0.3, -0.25) is 4.79 Å². The number of rotatable bonds is 3. The molecule has 0 spiro atoms. The molecule has 0 unspecified atom stereocenters. The predicted molar refractivity (Wildman–Crippen MR) is 38.5 cm³/mol. The fourth-order valence-corrected chi connectivity index (χ4v) is 1.03. The van der Waals surface area contributed by atoms with Crippen LogP contribution in [0.25, 0.3) is 0 Å². The molecule has 0 N–H and O–H groups in total. The van der Waals surface area contributed by atoms with Crippen molar-refractivity contribution in [3.8, 4) is 0 Å². The first kappa shape index (κ1) is 8.49. The van der Waals surface area contributed by atoms with Gasteiger partial charge in [0.05, 0.1) is 0 Å². The highest BCUT2D eigenvalue weighted by Crippen LogP contribution is 2.10. The highest BCUT2D eigenvalue weighted by atomic mass is 16.8. The van der Waals surface area contributed by atoms with Crippen LogP contribution in [0, 0.1) is 0 Å². The Balaban J connectivity index is 2.24. The second-order valence-electron chi connectivity index (χ2n) is 2.49. The monoisotopic (exact) mass is 159 g/mol. The molecule has 1 heterocycles. The van der Waals surface area contributed by atoms with E-state index in [0.29, 0.717) is 13.0 Å². The van der Waals surface area contributed by atoms with Crippen LogP contribution in [0.3, 0.4) is 0 Å². The molecule has 0 atom stereocenters. The molecular weight excluding hydrogens is 146 g/mol. The maximum absolute atomic E-state index is 11.0. The number of carbonyl (C=O) groups is 1. The molecular formula is C7H13NO3. The van der Waals surface area contributed by atoms with Gasteiger partial charge in [-0.25, -0.2) is 9.90 Å². The summed E-state index contributed by atoms with van der Waals surface area (Å²) >= 11 is 0. The Kier molecular flexibility index (Phi) is 3.32. The Bertz CT molecular complexity index is 138. The molecule has 4 nitrogen and oxygen atoms in total. The van der Waals surface area contributed by atoms with Crippen LogP contribution in [0.5, 0.6) is 0 Å². The van der Waals surface area contributed by atoms with E-state index >= 15 is 0 Å². The first-order valence-corrected chi connectivity index (χ1v) is 3.77. The molecule has 1 amide bonds. The normalized spacial score (nSPS) is 19.0. The maximum Gasteiger partial charge on any atom is 0.246 e. The third-order valence-corrected chi connectivity index (χ3v) is 1.61. The smallest absolute Gasteiger partial charge is 0.246 e. The number of hydrogen-bond donors (Lipinski definition) is 0. The summed E-state index contributed by atoms with van der Waals surface area (Å²) < 4.78 is 4.68. The lowest BCUT2D eigenvalue weighted by atomic mass is 10.2. The molecule has 64 valence electrons. The van der Waals surface area contributed by atoms with Gasteiger partial charge in [0.1, 0.15) is 0 Å². The van der Waals surface area contributed by atoms with Crippen LogP contribution in [0.2, 0.25) is 0 Å². The van der Waals surface area contributed by atoms with E-state index in [1.54, 1.807) is 0 Å². The average Bonchev–Trinajstić information content (AvgIpc) is 2.03. The molecule has 0 radical (unpaired) electrons. The summed E-state index contributed by atoms with van der Waals surface area (Å²) in [5, 5.41) is 1.38. The van der Waals surface area contributed by atoms with E-state index in [2.05, 4.69) is 4.74 Å². The molecule has 11 heavy (non-hydrogen) atoms. The Hall–Kier alpha value is -0.610. The van der Waals surface area contributed by atoms with Crippen LogP contribution in [0.15, 0.2) is 0 Å². The highest BCUT2D eigenvalue weighted by Gasteiger charge is 2.18. The number of methoxy groups -OCH3 is 1. The number of piperidine rings is 1. The van der Waals surface area contributed by atoms with E-state index in [9.17, 15) is 4.79 Å². The molecule has 0 bridgehead atoms. The summed E-state index contributed by atoms with van der Waals surface area (Å²) in [7, 11) is 1.54. The van der Waals surface area contributed by atoms with Crippen molar-refractivity contribution in [1.29, 1.82) is 0 Å². The SMILES string of the molecule is COCON1CCCCC1=O. The van der Waals surface area contributed by atoms with Gasteiger partial charge in [0.15, 0.2) is 6.79 Å². The summed E-state index contributed by atoms with van der Waals surface area (Å²) in [5.74, 6) is 0.0632. The summed E-state index contributed by atoms with van der Waals surface area (Å²) in [5.41, 5.74) is 0. The fraction of sp³-hybridized carbons (Fsp3) is 0.857. The molecule has 1 fully saturated rings. The third kappa shape index (κ3) is 2.48. The molecule has 1 saturated heterocycles. The van der Waals surface area contributed by atoms with Crippen LogP contribution in [-0.2, 0) is 14.4 Å². The van der Waals surface area contributed by atoms with Gasteiger partial charge in [-0.05, 0) is 12.8 Å². The Labute approximate surface area is 66.0 Å². The lowest BCUT2D eigenvalue weighted by Crippen LogP contribution is -2.35. The van der Waals surface area contributed by atoms with Gasteiger partial charge in [-0.15, -0.1) is 0 Å². The summed E-state index contributed by atoms with van der Waals surface area (Å²) in [6, 6.07) is 0. The molecule has 1 aliphatic heterocycles. The summed E-state index contributed by atoms with van der Waals surface area (Å²) in [4.78, 5) is 16.1. The van der Waals surface area contributed by atoms with Gasteiger partial charge in [0.2, 0.25) is 5.91 Å². The zero-order valence-corrected chi connectivity index (χ0v) is 6.71. The average molecular weight is 159 g/mol. The first-order chi connectivity index (χ1) is 5.34. The second-order valence-corrected chi connectivity index (χ2v) is 2.49. The van der Waals surface area contributed by atoms with E-state index in [1.165, 1.54) is 12.2 Å². The Morgan fingerprint density at radius 1 is 1.55 bits per heavy atom. The Morgan fingerprint density at radius 3 is 3.00 bits per heavy atom. The number of ether oxygens (including phenoxy) is 1. The minimum atomic E-state index is 0.0632. The topological polar surface area (TPSA) is 38.8 Å². The number of amides is 1. The zero-order valence-electron chi connectivity index (χ0n) is 6.71. The van der Waals surface area contributed by atoms with Gasteiger partial charge < -0.3 is 4.74 Å². The molecule has 0 aromatic carbocycles. The Morgan fingerprint density at radius 2 is 2.36 bits per heavy atom. The largest absolute Gasteiger partial charge is 0.356 e. The van der Waals surface area contributed by atoms with Crippen LogP contribution in [0.4, 0.5) is 0 Å². The molecule has 0 saturated carbocycles. The van der Waals surface area contributed by atoms with Crippen molar-refractivity contribution in [2.24, 2.45) is 0 Å². The fourth-order valence-electron chi connectivity index (χ4n) is 1.03. The predicted octanol–water partition coefficient (Wildman–Crippen LogP) is 0.534. The van der Waals surface area contributed by atoms with Crippen molar-refractivity contribution in [3.63, 3.8) is 0 Å². The van der Waals surface area contributed by atoms with Gasteiger partial charge in [-0.2, -0.15) is 0 Å². The number of hydroxylamine groups is 2. The van der Waals surface area contributed by atoms with Gasteiger partial charge in [0, 0.05) is 20.1 Å². The molecule has 1 aliphatic rings. The van der Waals surface area contributed by atoms with Crippen molar-refractivity contribution in [2.75, 3.05) is 20.4 Å². The minimum Gasteiger partial charge on any atom is -0.356 e. The van der Waals surface area contributed by atoms with Crippen molar-refractivity contribution >= 4 is 5.91 Å². The second kappa shape index (κ2) is 4.31. The van der Waals surface area contributed by atoms with Crippen LogP contribution < -0.4 is 0 Å². The van der Waals surface area contributed by atoms with E-state index in [-0.39, 0.29) is 12.7 Å². The van der Waals surface area contributed by atoms with Crippen molar-refractivity contribution in [3.05, 3.63) is 0 Å². The third-order valence-electron chi connectivity index (χ3n) is 1.61. The van der Waals surface area contributed by atoms with Gasteiger partial charge in [-0.1, -0.05) is 0 Å². The summed E-state index contributed by atoms with van der Waals surface area (Å²) in [6.07, 6.45) is 2.60. The molecule has 0 aromatic rings. The van der Waals surface area contributed by atoms with E-state index < -0.39 is 0 Å². The van der Waals surface area contributed by atoms with E-state index in [4.69, 9.17) is 4.84 Å². The van der Waals surface area contributed by atoms with Crippen molar-refractivity contribution in [2.45, 2.75) is 19.3 Å². The molecule has 1 rings (SSSR count). The van der Waals surface area contributed by atoms with E-state index in [1.807, 2.05) is 0 Å². The van der Waals surface area contributed by atoms with Crippen molar-refractivity contribution in [1.82, 2.24) is 5.06 Å². The first-order valence-electron chi connectivity index (χ1n) is 3.77. The van der Waals surface area contributed by atoms with E-state index in [0.717, 1.165) is 12.8 Å². The lowest BCUT2D eigenvalue weighted by Gasteiger charge is -2.24. The molecule has 4 heteroatoms. The maximum atomic E-state index is 11.0. The number of hydrogen-bond acceptors (Lipinski definition) is 3. The lowest BCUT2D eigenvalue weighted by molar-refractivity contribution is -0.223. The van der Waals surface area contributed by atoms with Crippen molar-refractivity contribution < 1.29 is 14.4 Å².